The zero-order valence-electron chi connectivity index (χ0n) is 9.33. The lowest BCUT2D eigenvalue weighted by Crippen LogP contribution is -2.43. The molecule has 5 heteroatoms. The van der Waals surface area contributed by atoms with Crippen molar-refractivity contribution in [1.29, 1.82) is 0 Å². The smallest absolute Gasteiger partial charge is 0.378 e. The number of fused-ring (bicyclic) bond motifs is 1. The molecule has 0 aromatic heterocycles. The largest absolute Gasteiger partial charge is 0.391 e. The molecule has 1 aliphatic carbocycles. The average molecular weight is 237 g/mol. The number of alkyl halides is 3. The van der Waals surface area contributed by atoms with Crippen LogP contribution in [0.5, 0.6) is 0 Å². The van der Waals surface area contributed by atoms with Crippen LogP contribution < -0.4 is 5.73 Å². The third-order valence-electron chi connectivity index (χ3n) is 4.07. The van der Waals surface area contributed by atoms with Crippen LogP contribution in [-0.2, 0) is 4.74 Å². The summed E-state index contributed by atoms with van der Waals surface area (Å²) in [7, 11) is 0. The Morgan fingerprint density at radius 2 is 2.00 bits per heavy atom. The SMILES string of the molecule is CC1COC2CC(C(F)(F)F)CC(CN)C12. The van der Waals surface area contributed by atoms with Gasteiger partial charge in [-0.3, -0.25) is 0 Å². The highest BCUT2D eigenvalue weighted by Gasteiger charge is 2.51. The molecule has 0 spiro atoms. The van der Waals surface area contributed by atoms with Crippen molar-refractivity contribution in [2.45, 2.75) is 32.0 Å². The summed E-state index contributed by atoms with van der Waals surface area (Å²) >= 11 is 0. The first-order chi connectivity index (χ1) is 7.43. The van der Waals surface area contributed by atoms with E-state index in [-0.39, 0.29) is 30.8 Å². The number of nitrogens with two attached hydrogens (primary N) is 1. The zero-order valence-corrected chi connectivity index (χ0v) is 9.33. The van der Waals surface area contributed by atoms with E-state index in [1.165, 1.54) is 0 Å². The molecule has 2 aliphatic rings. The molecule has 94 valence electrons. The molecule has 0 aromatic rings. The van der Waals surface area contributed by atoms with Crippen molar-refractivity contribution in [3.8, 4) is 0 Å². The second-order valence-corrected chi connectivity index (χ2v) is 5.13. The van der Waals surface area contributed by atoms with Crippen LogP contribution in [-0.4, -0.2) is 25.4 Å². The molecule has 2 N–H and O–H groups in total. The third-order valence-corrected chi connectivity index (χ3v) is 4.07. The maximum absolute atomic E-state index is 12.7. The molecule has 1 aliphatic heterocycles. The Morgan fingerprint density at radius 1 is 1.31 bits per heavy atom. The van der Waals surface area contributed by atoms with Gasteiger partial charge >= 0.3 is 6.18 Å². The summed E-state index contributed by atoms with van der Waals surface area (Å²) in [5, 5.41) is 0. The van der Waals surface area contributed by atoms with E-state index < -0.39 is 12.1 Å². The van der Waals surface area contributed by atoms with Gasteiger partial charge < -0.3 is 10.5 Å². The second-order valence-electron chi connectivity index (χ2n) is 5.13. The van der Waals surface area contributed by atoms with Gasteiger partial charge in [0.25, 0.3) is 0 Å². The van der Waals surface area contributed by atoms with Crippen LogP contribution in [0.1, 0.15) is 19.8 Å². The maximum atomic E-state index is 12.7. The van der Waals surface area contributed by atoms with Crippen molar-refractivity contribution in [3.05, 3.63) is 0 Å². The van der Waals surface area contributed by atoms with E-state index in [1.54, 1.807) is 0 Å². The van der Waals surface area contributed by atoms with E-state index in [2.05, 4.69) is 0 Å². The minimum absolute atomic E-state index is 0.0390. The minimum Gasteiger partial charge on any atom is -0.378 e. The molecular weight excluding hydrogens is 219 g/mol. The first kappa shape index (κ1) is 12.2. The van der Waals surface area contributed by atoms with Crippen molar-refractivity contribution >= 4 is 0 Å². The van der Waals surface area contributed by atoms with Gasteiger partial charge in [0.15, 0.2) is 0 Å². The van der Waals surface area contributed by atoms with Crippen LogP contribution in [0.3, 0.4) is 0 Å². The average Bonchev–Trinajstić information content (AvgIpc) is 2.58. The maximum Gasteiger partial charge on any atom is 0.391 e. The molecule has 0 amide bonds. The monoisotopic (exact) mass is 237 g/mol. The van der Waals surface area contributed by atoms with Crippen LogP contribution >= 0.6 is 0 Å². The molecule has 2 nitrogen and oxygen atoms in total. The Balaban J connectivity index is 2.12. The summed E-state index contributed by atoms with van der Waals surface area (Å²) in [5.41, 5.74) is 5.60. The summed E-state index contributed by atoms with van der Waals surface area (Å²) in [5.74, 6) is -0.702. The normalized spacial score (nSPS) is 44.4. The Morgan fingerprint density at radius 3 is 2.56 bits per heavy atom. The highest BCUT2D eigenvalue weighted by molar-refractivity contribution is 4.95. The molecule has 2 rings (SSSR count). The molecule has 0 aromatic carbocycles. The molecule has 0 radical (unpaired) electrons. The van der Waals surface area contributed by atoms with Gasteiger partial charge in [0.05, 0.1) is 12.0 Å². The van der Waals surface area contributed by atoms with Crippen molar-refractivity contribution in [2.75, 3.05) is 13.2 Å². The number of halogens is 3. The van der Waals surface area contributed by atoms with E-state index in [0.717, 1.165) is 0 Å². The standard InChI is InChI=1S/C11H18F3NO/c1-6-5-16-9-3-8(11(12,13)14)2-7(4-15)10(6)9/h6-10H,2-5,15H2,1H3. The lowest BCUT2D eigenvalue weighted by molar-refractivity contribution is -0.198. The van der Waals surface area contributed by atoms with Crippen molar-refractivity contribution in [1.82, 2.24) is 0 Å². The molecule has 5 atom stereocenters. The third kappa shape index (κ3) is 2.07. The summed E-state index contributed by atoms with van der Waals surface area (Å²) in [6.45, 7) is 2.96. The van der Waals surface area contributed by atoms with E-state index >= 15 is 0 Å². The Labute approximate surface area is 93.3 Å². The van der Waals surface area contributed by atoms with Gasteiger partial charge in [0.2, 0.25) is 0 Å². The van der Waals surface area contributed by atoms with Gasteiger partial charge in [-0.25, -0.2) is 0 Å². The Hall–Kier alpha value is -0.290. The Kier molecular flexibility index (Phi) is 3.18. The number of ether oxygens (including phenoxy) is 1. The fourth-order valence-corrected chi connectivity index (χ4v) is 3.28. The molecule has 0 bridgehead atoms. The number of rotatable bonds is 1. The minimum atomic E-state index is -4.10. The van der Waals surface area contributed by atoms with Crippen LogP contribution in [0.25, 0.3) is 0 Å². The van der Waals surface area contributed by atoms with E-state index in [1.807, 2.05) is 6.92 Å². The first-order valence-corrected chi connectivity index (χ1v) is 5.82. The van der Waals surface area contributed by atoms with E-state index in [9.17, 15) is 13.2 Å². The number of hydrogen-bond acceptors (Lipinski definition) is 2. The van der Waals surface area contributed by atoms with E-state index in [0.29, 0.717) is 19.1 Å². The van der Waals surface area contributed by atoms with Gasteiger partial charge in [0.1, 0.15) is 0 Å². The van der Waals surface area contributed by atoms with Crippen LogP contribution in [0.2, 0.25) is 0 Å². The molecule has 1 saturated carbocycles. The summed E-state index contributed by atoms with van der Waals surface area (Å²) in [6, 6.07) is 0. The predicted molar refractivity (Wildman–Crippen MR) is 53.7 cm³/mol. The summed E-state index contributed by atoms with van der Waals surface area (Å²) in [6.07, 6.45) is -4.04. The quantitative estimate of drug-likeness (QED) is 0.758. The van der Waals surface area contributed by atoms with Gasteiger partial charge in [0, 0.05) is 6.61 Å². The van der Waals surface area contributed by atoms with Gasteiger partial charge in [-0.05, 0) is 37.1 Å². The fourth-order valence-electron chi connectivity index (χ4n) is 3.28. The Bertz CT molecular complexity index is 256. The van der Waals surface area contributed by atoms with Crippen molar-refractivity contribution < 1.29 is 17.9 Å². The first-order valence-electron chi connectivity index (χ1n) is 5.82. The lowest BCUT2D eigenvalue weighted by Gasteiger charge is -2.39. The molecule has 1 heterocycles. The fraction of sp³-hybridized carbons (Fsp3) is 1.00. The van der Waals surface area contributed by atoms with Crippen LogP contribution in [0.15, 0.2) is 0 Å². The zero-order chi connectivity index (χ0) is 11.9. The predicted octanol–water partition coefficient (Wildman–Crippen LogP) is 2.18. The van der Waals surface area contributed by atoms with Crippen molar-refractivity contribution in [2.24, 2.45) is 29.4 Å². The van der Waals surface area contributed by atoms with Crippen molar-refractivity contribution in [3.63, 3.8) is 0 Å². The van der Waals surface area contributed by atoms with Gasteiger partial charge in [-0.2, -0.15) is 13.2 Å². The van der Waals surface area contributed by atoms with Crippen LogP contribution in [0, 0.1) is 23.7 Å². The molecule has 2 fully saturated rings. The molecule has 5 unspecified atom stereocenters. The van der Waals surface area contributed by atoms with Gasteiger partial charge in [-0.1, -0.05) is 6.92 Å². The number of hydrogen-bond donors (Lipinski definition) is 1. The molecule has 1 saturated heterocycles. The topological polar surface area (TPSA) is 35.2 Å². The van der Waals surface area contributed by atoms with E-state index in [4.69, 9.17) is 10.5 Å². The summed E-state index contributed by atoms with van der Waals surface area (Å²) in [4.78, 5) is 0. The molecule has 16 heavy (non-hydrogen) atoms. The molecular formula is C11H18F3NO. The highest BCUT2D eigenvalue weighted by Crippen LogP contribution is 2.48. The summed E-state index contributed by atoms with van der Waals surface area (Å²) < 4.78 is 43.6. The lowest BCUT2D eigenvalue weighted by atomic mass is 9.69. The second kappa shape index (κ2) is 4.18. The van der Waals surface area contributed by atoms with Crippen LogP contribution in [0.4, 0.5) is 13.2 Å². The van der Waals surface area contributed by atoms with Gasteiger partial charge in [-0.15, -0.1) is 0 Å². The highest BCUT2D eigenvalue weighted by atomic mass is 19.4.